The molecular weight excluding hydrogens is 288 g/mol. The lowest BCUT2D eigenvalue weighted by Crippen LogP contribution is -2.40. The Labute approximate surface area is 115 Å². The maximum Gasteiger partial charge on any atom is 0.321 e. The largest absolute Gasteiger partial charge is 0.480 e. The van der Waals surface area contributed by atoms with Crippen molar-refractivity contribution in [2.75, 3.05) is 0 Å². The number of aliphatic carboxylic acids is 1. The van der Waals surface area contributed by atoms with Gasteiger partial charge in [0, 0.05) is 12.1 Å². The van der Waals surface area contributed by atoms with Crippen molar-refractivity contribution in [3.05, 3.63) is 34.4 Å². The molecule has 0 aromatic heterocycles. The van der Waals surface area contributed by atoms with Gasteiger partial charge in [0.1, 0.15) is 6.04 Å². The van der Waals surface area contributed by atoms with Crippen LogP contribution in [0.1, 0.15) is 19.8 Å². The highest BCUT2D eigenvalue weighted by molar-refractivity contribution is 7.89. The Balaban J connectivity index is 3.07. The summed E-state index contributed by atoms with van der Waals surface area (Å²) in [6, 6.07) is 3.17. The molecule has 9 heteroatoms. The Kier molecular flexibility index (Phi) is 5.17. The Hall–Kier alpha value is -2.00. The highest BCUT2D eigenvalue weighted by atomic mass is 32.2. The second kappa shape index (κ2) is 6.44. The van der Waals surface area contributed by atoms with Gasteiger partial charge >= 0.3 is 5.97 Å². The number of benzene rings is 1. The fourth-order valence-corrected chi connectivity index (χ4v) is 2.80. The molecule has 1 aromatic carbocycles. The van der Waals surface area contributed by atoms with E-state index in [-0.39, 0.29) is 17.0 Å². The van der Waals surface area contributed by atoms with Gasteiger partial charge in [-0.1, -0.05) is 19.4 Å². The molecule has 1 rings (SSSR count). The number of carbonyl (C=O) groups is 1. The minimum atomic E-state index is -4.12. The van der Waals surface area contributed by atoms with E-state index in [4.69, 9.17) is 5.11 Å². The first-order valence-corrected chi connectivity index (χ1v) is 7.26. The minimum Gasteiger partial charge on any atom is -0.480 e. The number of hydrogen-bond acceptors (Lipinski definition) is 5. The Morgan fingerprint density at radius 1 is 1.50 bits per heavy atom. The standard InChI is InChI=1S/C11H14N2O6S/c1-2-4-10(11(14)15)12-20(18,19)9-6-3-5-8(7-9)13(16)17/h3,5-7,10,12H,2,4H2,1H3,(H,14,15)/t10-/m0/s1. The number of nitrogens with one attached hydrogen (secondary N) is 1. The lowest BCUT2D eigenvalue weighted by molar-refractivity contribution is -0.385. The highest BCUT2D eigenvalue weighted by Crippen LogP contribution is 2.17. The number of non-ortho nitro benzene ring substituents is 1. The molecule has 0 unspecified atom stereocenters. The molecule has 0 amide bonds. The van der Waals surface area contributed by atoms with Crippen molar-refractivity contribution >= 4 is 21.7 Å². The first kappa shape index (κ1) is 16.1. The van der Waals surface area contributed by atoms with Crippen LogP contribution in [-0.2, 0) is 14.8 Å². The number of sulfonamides is 1. The van der Waals surface area contributed by atoms with E-state index < -0.39 is 27.0 Å². The number of carboxylic acids is 1. The lowest BCUT2D eigenvalue weighted by atomic mass is 10.2. The van der Waals surface area contributed by atoms with Crippen molar-refractivity contribution < 1.29 is 23.2 Å². The summed E-state index contributed by atoms with van der Waals surface area (Å²) in [5.41, 5.74) is -0.379. The summed E-state index contributed by atoms with van der Waals surface area (Å²) in [7, 11) is -4.12. The van der Waals surface area contributed by atoms with Crippen LogP contribution in [0, 0.1) is 10.1 Å². The van der Waals surface area contributed by atoms with Gasteiger partial charge in [-0.05, 0) is 12.5 Å². The number of rotatable bonds is 7. The highest BCUT2D eigenvalue weighted by Gasteiger charge is 2.25. The first-order valence-electron chi connectivity index (χ1n) is 5.77. The molecule has 20 heavy (non-hydrogen) atoms. The number of nitro benzene ring substituents is 1. The Morgan fingerprint density at radius 3 is 2.65 bits per heavy atom. The summed E-state index contributed by atoms with van der Waals surface area (Å²) < 4.78 is 26.0. The quantitative estimate of drug-likeness (QED) is 0.574. The van der Waals surface area contributed by atoms with Gasteiger partial charge in [0.2, 0.25) is 10.0 Å². The van der Waals surface area contributed by atoms with Gasteiger partial charge in [0.15, 0.2) is 0 Å². The summed E-state index contributed by atoms with van der Waals surface area (Å²) in [5, 5.41) is 19.5. The lowest BCUT2D eigenvalue weighted by Gasteiger charge is -2.13. The van der Waals surface area contributed by atoms with Crippen molar-refractivity contribution in [1.29, 1.82) is 0 Å². The van der Waals surface area contributed by atoms with Crippen LogP contribution in [0.15, 0.2) is 29.2 Å². The van der Waals surface area contributed by atoms with Gasteiger partial charge in [-0.25, -0.2) is 8.42 Å². The van der Waals surface area contributed by atoms with E-state index in [2.05, 4.69) is 0 Å². The maximum absolute atomic E-state index is 12.0. The Morgan fingerprint density at radius 2 is 2.15 bits per heavy atom. The summed E-state index contributed by atoms with van der Waals surface area (Å²) in [6.45, 7) is 1.72. The molecule has 0 radical (unpaired) electrons. The van der Waals surface area contributed by atoms with Crippen LogP contribution in [0.4, 0.5) is 5.69 Å². The van der Waals surface area contributed by atoms with E-state index in [0.29, 0.717) is 6.42 Å². The van der Waals surface area contributed by atoms with Crippen LogP contribution < -0.4 is 4.72 Å². The third kappa shape index (κ3) is 4.00. The van der Waals surface area contributed by atoms with Crippen molar-refractivity contribution in [2.45, 2.75) is 30.7 Å². The van der Waals surface area contributed by atoms with Crippen molar-refractivity contribution in [3.8, 4) is 0 Å². The van der Waals surface area contributed by atoms with Crippen molar-refractivity contribution in [3.63, 3.8) is 0 Å². The molecule has 0 bridgehead atoms. The van der Waals surface area contributed by atoms with Gasteiger partial charge in [0.25, 0.3) is 5.69 Å². The predicted octanol–water partition coefficient (Wildman–Crippen LogP) is 1.13. The molecule has 0 aliphatic rings. The average molecular weight is 302 g/mol. The fourth-order valence-electron chi connectivity index (χ4n) is 1.54. The summed E-state index contributed by atoms with van der Waals surface area (Å²) in [5.74, 6) is -1.29. The summed E-state index contributed by atoms with van der Waals surface area (Å²) in [6.07, 6.45) is 0.609. The molecule has 0 aliphatic carbocycles. The molecule has 0 aliphatic heterocycles. The SMILES string of the molecule is CCC[C@H](NS(=O)(=O)c1cccc([N+](=O)[O-])c1)C(=O)O. The zero-order valence-corrected chi connectivity index (χ0v) is 11.5. The van der Waals surface area contributed by atoms with Crippen molar-refractivity contribution in [1.82, 2.24) is 4.72 Å². The topological polar surface area (TPSA) is 127 Å². The minimum absolute atomic E-state index is 0.128. The van der Waals surface area contributed by atoms with Crippen LogP contribution in [-0.4, -0.2) is 30.5 Å². The van der Waals surface area contributed by atoms with E-state index in [1.54, 1.807) is 6.92 Å². The van der Waals surface area contributed by atoms with Crippen LogP contribution >= 0.6 is 0 Å². The number of carboxylic acid groups (broad SMARTS) is 1. The number of nitro groups is 1. The van der Waals surface area contributed by atoms with Crippen LogP contribution in [0.25, 0.3) is 0 Å². The second-order valence-electron chi connectivity index (χ2n) is 4.06. The van der Waals surface area contributed by atoms with Gasteiger partial charge in [-0.3, -0.25) is 14.9 Å². The van der Waals surface area contributed by atoms with Crippen molar-refractivity contribution in [2.24, 2.45) is 0 Å². The third-order valence-electron chi connectivity index (χ3n) is 2.51. The molecule has 2 N–H and O–H groups in total. The molecule has 8 nitrogen and oxygen atoms in total. The van der Waals surface area contributed by atoms with Gasteiger partial charge in [-0.2, -0.15) is 4.72 Å². The zero-order valence-electron chi connectivity index (χ0n) is 10.6. The molecule has 0 saturated carbocycles. The second-order valence-corrected chi connectivity index (χ2v) is 5.77. The fraction of sp³-hybridized carbons (Fsp3) is 0.364. The molecule has 1 atom stereocenters. The monoisotopic (exact) mass is 302 g/mol. The van der Waals surface area contributed by atoms with E-state index in [1.807, 2.05) is 4.72 Å². The molecule has 0 saturated heterocycles. The van der Waals surface area contributed by atoms with E-state index in [0.717, 1.165) is 12.1 Å². The summed E-state index contributed by atoms with van der Waals surface area (Å²) >= 11 is 0. The third-order valence-corrected chi connectivity index (χ3v) is 3.98. The number of nitrogens with zero attached hydrogens (tertiary/aromatic N) is 1. The molecule has 0 fully saturated rings. The van der Waals surface area contributed by atoms with Crippen LogP contribution in [0.2, 0.25) is 0 Å². The molecule has 110 valence electrons. The first-order chi connectivity index (χ1) is 9.27. The van der Waals surface area contributed by atoms with Gasteiger partial charge in [0.05, 0.1) is 9.82 Å². The smallest absolute Gasteiger partial charge is 0.321 e. The Bertz CT molecular complexity index is 613. The molecule has 0 heterocycles. The van der Waals surface area contributed by atoms with E-state index >= 15 is 0 Å². The van der Waals surface area contributed by atoms with E-state index in [9.17, 15) is 23.3 Å². The zero-order chi connectivity index (χ0) is 15.3. The average Bonchev–Trinajstić information content (AvgIpc) is 2.38. The van der Waals surface area contributed by atoms with Gasteiger partial charge < -0.3 is 5.11 Å². The summed E-state index contributed by atoms with van der Waals surface area (Å²) in [4.78, 5) is 20.5. The number of hydrogen-bond donors (Lipinski definition) is 2. The molecule has 1 aromatic rings. The van der Waals surface area contributed by atoms with Crippen LogP contribution in [0.5, 0.6) is 0 Å². The molecular formula is C11H14N2O6S. The normalized spacial score (nSPS) is 12.8. The van der Waals surface area contributed by atoms with E-state index in [1.165, 1.54) is 12.1 Å². The van der Waals surface area contributed by atoms with Gasteiger partial charge in [-0.15, -0.1) is 0 Å². The molecule has 0 spiro atoms. The predicted molar refractivity (Wildman–Crippen MR) is 69.7 cm³/mol. The maximum atomic E-state index is 12.0. The van der Waals surface area contributed by atoms with Crippen LogP contribution in [0.3, 0.4) is 0 Å².